The molecule has 6 nitrogen and oxygen atoms in total. The lowest BCUT2D eigenvalue weighted by molar-refractivity contribution is 0.120. The second-order valence-corrected chi connectivity index (χ2v) is 7.65. The Morgan fingerprint density at radius 1 is 1.20 bits per heavy atom. The number of alkyl carbamates (subject to hydrolysis) is 1. The number of fused-ring (bicyclic) bond motifs is 2. The lowest BCUT2D eigenvalue weighted by atomic mass is 9.93. The summed E-state index contributed by atoms with van der Waals surface area (Å²) in [6, 6.07) is 8.22. The summed E-state index contributed by atoms with van der Waals surface area (Å²) in [5.74, 6) is -0.0183. The number of rotatable bonds is 10. The van der Waals surface area contributed by atoms with Crippen LogP contribution >= 0.6 is 0 Å². The van der Waals surface area contributed by atoms with Crippen molar-refractivity contribution in [2.45, 2.75) is 24.3 Å². The van der Waals surface area contributed by atoms with Gasteiger partial charge in [-0.2, -0.15) is 0 Å². The molecule has 6 heteroatoms. The van der Waals surface area contributed by atoms with E-state index in [1.54, 1.807) is 14.2 Å². The molecule has 1 aromatic carbocycles. The van der Waals surface area contributed by atoms with Crippen LogP contribution in [0, 0.1) is 0 Å². The molecule has 160 valence electrons. The maximum Gasteiger partial charge on any atom is 0.407 e. The average molecular weight is 411 g/mol. The average Bonchev–Trinajstić information content (AvgIpc) is 2.90. The molecular formula is C24H30N2O4. The van der Waals surface area contributed by atoms with Crippen LogP contribution in [0.4, 0.5) is 4.79 Å². The standard InChI is InChI=1S/C24H30N2O4/c1-28-14-12-24(25,13-15-29-2)17-26-23(27)30-16-22-20-9-5-3-4-8-18(20)19-10-6-7-11-21(19)22/h3-4,6-11,22H,12-17,25H2,1-2H3,(H,26,27). The summed E-state index contributed by atoms with van der Waals surface area (Å²) >= 11 is 0. The number of benzene rings is 1. The highest BCUT2D eigenvalue weighted by atomic mass is 16.5. The summed E-state index contributed by atoms with van der Waals surface area (Å²) in [5, 5.41) is 2.81. The molecule has 0 aliphatic heterocycles. The molecule has 0 spiro atoms. The molecule has 0 bridgehead atoms. The van der Waals surface area contributed by atoms with Gasteiger partial charge in [-0.1, -0.05) is 36.4 Å². The zero-order valence-corrected chi connectivity index (χ0v) is 17.6. The van der Waals surface area contributed by atoms with Gasteiger partial charge in [0.05, 0.1) is 0 Å². The largest absolute Gasteiger partial charge is 0.449 e. The van der Waals surface area contributed by atoms with E-state index >= 15 is 0 Å². The topological polar surface area (TPSA) is 82.8 Å². The summed E-state index contributed by atoms with van der Waals surface area (Å²) in [5.41, 5.74) is 13.6. The summed E-state index contributed by atoms with van der Waals surface area (Å²) in [6.07, 6.45) is 8.67. The molecule has 2 aliphatic carbocycles. The first-order valence-electron chi connectivity index (χ1n) is 10.2. The van der Waals surface area contributed by atoms with Crippen molar-refractivity contribution in [2.75, 3.05) is 40.6 Å². The highest BCUT2D eigenvalue weighted by Crippen LogP contribution is 2.43. The Bertz CT molecular complexity index is 873. The van der Waals surface area contributed by atoms with E-state index in [9.17, 15) is 4.79 Å². The van der Waals surface area contributed by atoms with Crippen LogP contribution in [-0.2, 0) is 14.2 Å². The van der Waals surface area contributed by atoms with Gasteiger partial charge in [-0.25, -0.2) is 4.79 Å². The van der Waals surface area contributed by atoms with E-state index in [2.05, 4.69) is 29.3 Å². The van der Waals surface area contributed by atoms with Crippen LogP contribution in [0.3, 0.4) is 0 Å². The Balaban J connectivity index is 1.62. The van der Waals surface area contributed by atoms with E-state index in [4.69, 9.17) is 19.9 Å². The van der Waals surface area contributed by atoms with Gasteiger partial charge in [0.15, 0.2) is 0 Å². The first kappa shape index (κ1) is 22.1. The molecule has 0 saturated heterocycles. The monoisotopic (exact) mass is 410 g/mol. The van der Waals surface area contributed by atoms with Crippen LogP contribution in [0.5, 0.6) is 0 Å². The Hall–Kier alpha value is -2.63. The molecule has 0 radical (unpaired) electrons. The summed E-state index contributed by atoms with van der Waals surface area (Å²) < 4.78 is 15.9. The van der Waals surface area contributed by atoms with Gasteiger partial charge in [0, 0.05) is 45.4 Å². The van der Waals surface area contributed by atoms with Gasteiger partial charge in [-0.15, -0.1) is 5.73 Å². The van der Waals surface area contributed by atoms with E-state index in [0.717, 1.165) is 16.7 Å². The van der Waals surface area contributed by atoms with Crippen molar-refractivity contribution in [1.82, 2.24) is 5.32 Å². The SMILES string of the molecule is COCCC(N)(CCOC)CNC(=O)OCC1C2=C(C=CC=C=C2)c2ccccc21. The summed E-state index contributed by atoms with van der Waals surface area (Å²) in [4.78, 5) is 12.4. The molecule has 1 amide bonds. The normalized spacial score (nSPS) is 17.0. The number of methoxy groups -OCH3 is 2. The maximum atomic E-state index is 12.4. The molecule has 30 heavy (non-hydrogen) atoms. The van der Waals surface area contributed by atoms with Crippen LogP contribution in [0.1, 0.15) is 29.9 Å². The van der Waals surface area contributed by atoms with E-state index in [1.165, 1.54) is 5.56 Å². The molecule has 1 aromatic rings. The third kappa shape index (κ3) is 5.29. The predicted molar refractivity (Wildman–Crippen MR) is 117 cm³/mol. The van der Waals surface area contributed by atoms with E-state index < -0.39 is 11.6 Å². The smallest absolute Gasteiger partial charge is 0.407 e. The first-order valence-corrected chi connectivity index (χ1v) is 10.2. The van der Waals surface area contributed by atoms with Crippen molar-refractivity contribution < 1.29 is 19.0 Å². The molecule has 0 aromatic heterocycles. The lowest BCUT2D eigenvalue weighted by Gasteiger charge is -2.29. The fraction of sp³-hybridized carbons (Fsp3) is 0.417. The number of nitrogens with one attached hydrogen (secondary N) is 1. The second-order valence-electron chi connectivity index (χ2n) is 7.65. The Labute approximate surface area is 178 Å². The zero-order valence-electron chi connectivity index (χ0n) is 17.6. The molecule has 0 fully saturated rings. The fourth-order valence-electron chi connectivity index (χ4n) is 3.81. The van der Waals surface area contributed by atoms with Gasteiger partial charge >= 0.3 is 6.09 Å². The van der Waals surface area contributed by atoms with E-state index in [1.807, 2.05) is 30.4 Å². The van der Waals surface area contributed by atoms with Gasteiger partial charge in [0.2, 0.25) is 0 Å². The van der Waals surface area contributed by atoms with Crippen molar-refractivity contribution in [2.24, 2.45) is 5.73 Å². The van der Waals surface area contributed by atoms with Crippen molar-refractivity contribution in [3.63, 3.8) is 0 Å². The van der Waals surface area contributed by atoms with Gasteiger partial charge < -0.3 is 25.3 Å². The molecule has 1 atom stereocenters. The van der Waals surface area contributed by atoms with Crippen molar-refractivity contribution >= 4 is 11.7 Å². The van der Waals surface area contributed by atoms with Crippen molar-refractivity contribution in [3.05, 3.63) is 71.0 Å². The van der Waals surface area contributed by atoms with Crippen LogP contribution in [0.2, 0.25) is 0 Å². The molecule has 0 heterocycles. The number of hydrogen-bond donors (Lipinski definition) is 2. The Morgan fingerprint density at radius 2 is 1.93 bits per heavy atom. The quantitative estimate of drug-likeness (QED) is 0.578. The fourth-order valence-corrected chi connectivity index (χ4v) is 3.81. The van der Waals surface area contributed by atoms with E-state index in [-0.39, 0.29) is 12.5 Å². The number of allylic oxidation sites excluding steroid dienone is 4. The van der Waals surface area contributed by atoms with Gasteiger partial charge in [-0.05, 0) is 47.3 Å². The first-order chi connectivity index (χ1) is 14.6. The number of carbonyl (C=O) groups excluding carboxylic acids is 1. The van der Waals surface area contributed by atoms with Crippen LogP contribution in [0.15, 0.2) is 59.9 Å². The minimum Gasteiger partial charge on any atom is -0.449 e. The second kappa shape index (κ2) is 10.4. The third-order valence-electron chi connectivity index (χ3n) is 5.58. The maximum absolute atomic E-state index is 12.4. The minimum atomic E-state index is -0.611. The Morgan fingerprint density at radius 3 is 2.67 bits per heavy atom. The van der Waals surface area contributed by atoms with Crippen molar-refractivity contribution in [3.8, 4) is 0 Å². The number of carbonyl (C=O) groups is 1. The van der Waals surface area contributed by atoms with Crippen LogP contribution in [-0.4, -0.2) is 52.2 Å². The lowest BCUT2D eigenvalue weighted by Crippen LogP contribution is -2.51. The van der Waals surface area contributed by atoms with E-state index in [0.29, 0.717) is 32.6 Å². The number of hydrogen-bond acceptors (Lipinski definition) is 5. The highest BCUT2D eigenvalue weighted by Gasteiger charge is 2.30. The molecule has 3 N–H and O–H groups in total. The summed E-state index contributed by atoms with van der Waals surface area (Å²) in [7, 11) is 3.26. The molecule has 0 saturated carbocycles. The zero-order chi connectivity index (χ0) is 21.4. The number of ether oxygens (including phenoxy) is 3. The van der Waals surface area contributed by atoms with Gasteiger partial charge in [0.1, 0.15) is 6.61 Å². The van der Waals surface area contributed by atoms with Gasteiger partial charge in [-0.3, -0.25) is 0 Å². The third-order valence-corrected chi connectivity index (χ3v) is 5.58. The van der Waals surface area contributed by atoms with Crippen LogP contribution < -0.4 is 11.1 Å². The highest BCUT2D eigenvalue weighted by molar-refractivity contribution is 5.87. The number of nitrogens with two attached hydrogens (primary N) is 1. The van der Waals surface area contributed by atoms with Gasteiger partial charge in [0.25, 0.3) is 0 Å². The predicted octanol–water partition coefficient (Wildman–Crippen LogP) is 3.32. The molecular weight excluding hydrogens is 380 g/mol. The molecule has 3 rings (SSSR count). The summed E-state index contributed by atoms with van der Waals surface area (Å²) in [6.45, 7) is 1.57. The minimum absolute atomic E-state index is 0.0183. The molecule has 2 aliphatic rings. The van der Waals surface area contributed by atoms with Crippen LogP contribution in [0.25, 0.3) is 5.57 Å². The molecule has 1 unspecified atom stereocenters. The number of amides is 1. The van der Waals surface area contributed by atoms with Crippen molar-refractivity contribution in [1.29, 1.82) is 0 Å². The Kier molecular flexibility index (Phi) is 7.66.